The van der Waals surface area contributed by atoms with Gasteiger partial charge >= 0.3 is 0 Å². The highest BCUT2D eigenvalue weighted by molar-refractivity contribution is 5.87. The Bertz CT molecular complexity index is 612. The average Bonchev–Trinajstić information content (AvgIpc) is 3.16. The molecular formula is C16H19N3. The first-order valence-electron chi connectivity index (χ1n) is 7.16. The van der Waals surface area contributed by atoms with Crippen molar-refractivity contribution in [3.63, 3.8) is 0 Å². The minimum absolute atomic E-state index is 0.603. The molecule has 2 N–H and O–H groups in total. The Hall–Kier alpha value is -1.61. The minimum Gasteiger partial charge on any atom is -0.399 e. The fraction of sp³-hybridized carbons (Fsp3) is 0.438. The maximum atomic E-state index is 5.85. The van der Waals surface area contributed by atoms with Gasteiger partial charge in [0.1, 0.15) is 0 Å². The van der Waals surface area contributed by atoms with E-state index < -0.39 is 0 Å². The predicted octanol–water partition coefficient (Wildman–Crippen LogP) is 2.63. The lowest BCUT2D eigenvalue weighted by molar-refractivity contribution is 0.140. The van der Waals surface area contributed by atoms with Crippen molar-refractivity contribution in [2.24, 2.45) is 5.92 Å². The van der Waals surface area contributed by atoms with Crippen molar-refractivity contribution in [3.8, 4) is 0 Å². The molecule has 0 spiro atoms. The number of aromatic nitrogens is 1. The lowest BCUT2D eigenvalue weighted by Crippen LogP contribution is -2.46. The third-order valence-corrected chi connectivity index (χ3v) is 4.38. The number of hydrogen-bond acceptors (Lipinski definition) is 3. The Labute approximate surface area is 113 Å². The molecule has 0 atom stereocenters. The van der Waals surface area contributed by atoms with Crippen LogP contribution in [0.15, 0.2) is 30.5 Å². The summed E-state index contributed by atoms with van der Waals surface area (Å²) in [6.07, 6.45) is 4.79. The second kappa shape index (κ2) is 4.20. The van der Waals surface area contributed by atoms with Crippen molar-refractivity contribution < 1.29 is 0 Å². The van der Waals surface area contributed by atoms with Crippen LogP contribution < -0.4 is 5.73 Å². The van der Waals surface area contributed by atoms with Crippen molar-refractivity contribution in [2.75, 3.05) is 25.4 Å². The van der Waals surface area contributed by atoms with Gasteiger partial charge in [0.05, 0.1) is 5.69 Å². The number of nitrogen functional groups attached to an aromatic ring is 1. The van der Waals surface area contributed by atoms with Crippen molar-refractivity contribution in [1.82, 2.24) is 9.88 Å². The molecule has 1 saturated heterocycles. The number of rotatable bonds is 3. The first-order chi connectivity index (χ1) is 9.29. The van der Waals surface area contributed by atoms with Gasteiger partial charge in [-0.25, -0.2) is 0 Å². The summed E-state index contributed by atoms with van der Waals surface area (Å²) in [5, 5.41) is 2.48. The van der Waals surface area contributed by atoms with Crippen molar-refractivity contribution >= 4 is 16.5 Å². The summed E-state index contributed by atoms with van der Waals surface area (Å²) in [6, 6.07) is 8.20. The summed E-state index contributed by atoms with van der Waals surface area (Å²) in [5.74, 6) is 1.59. The van der Waals surface area contributed by atoms with E-state index in [0.717, 1.165) is 11.6 Å². The second-order valence-electron chi connectivity index (χ2n) is 6.04. The van der Waals surface area contributed by atoms with Crippen LogP contribution in [0.5, 0.6) is 0 Å². The highest BCUT2D eigenvalue weighted by Crippen LogP contribution is 2.36. The minimum atomic E-state index is 0.603. The van der Waals surface area contributed by atoms with E-state index in [2.05, 4.69) is 22.0 Å². The lowest BCUT2D eigenvalue weighted by Gasteiger charge is -2.39. The zero-order valence-corrected chi connectivity index (χ0v) is 11.0. The standard InChI is InChI=1S/C16H19N3/c17-14-3-4-15-12(7-14)5-6-18-16(15)13-9-19(10-13)8-11-1-2-11/h3-7,11,13H,1-2,8-10,17H2. The molecule has 1 aliphatic heterocycles. The molecule has 2 fully saturated rings. The Morgan fingerprint density at radius 3 is 2.84 bits per heavy atom. The quantitative estimate of drug-likeness (QED) is 0.855. The number of likely N-dealkylation sites (tertiary alicyclic amines) is 1. The first kappa shape index (κ1) is 11.2. The normalized spacial score (nSPS) is 20.6. The van der Waals surface area contributed by atoms with Gasteiger partial charge in [0.2, 0.25) is 0 Å². The van der Waals surface area contributed by atoms with Crippen LogP contribution in [0.1, 0.15) is 24.5 Å². The summed E-state index contributed by atoms with van der Waals surface area (Å²) >= 11 is 0. The number of anilines is 1. The number of fused-ring (bicyclic) bond motifs is 1. The predicted molar refractivity (Wildman–Crippen MR) is 78.1 cm³/mol. The van der Waals surface area contributed by atoms with Gasteiger partial charge in [-0.15, -0.1) is 0 Å². The molecule has 2 aromatic rings. The summed E-state index contributed by atoms with van der Waals surface area (Å²) in [4.78, 5) is 7.19. The van der Waals surface area contributed by atoms with E-state index >= 15 is 0 Å². The van der Waals surface area contributed by atoms with Gasteiger partial charge in [-0.2, -0.15) is 0 Å². The van der Waals surface area contributed by atoms with Crippen LogP contribution in [0, 0.1) is 5.92 Å². The second-order valence-corrected chi connectivity index (χ2v) is 6.04. The van der Waals surface area contributed by atoms with Crippen LogP contribution in [0.25, 0.3) is 10.8 Å². The molecule has 98 valence electrons. The first-order valence-corrected chi connectivity index (χ1v) is 7.16. The topological polar surface area (TPSA) is 42.1 Å². The van der Waals surface area contributed by atoms with E-state index in [1.807, 2.05) is 18.3 Å². The molecule has 4 rings (SSSR count). The van der Waals surface area contributed by atoms with Crippen LogP contribution >= 0.6 is 0 Å². The Balaban J connectivity index is 1.58. The van der Waals surface area contributed by atoms with Gasteiger partial charge in [-0.05, 0) is 42.3 Å². The van der Waals surface area contributed by atoms with Gasteiger partial charge in [0, 0.05) is 42.8 Å². The molecule has 0 bridgehead atoms. The molecule has 1 aromatic carbocycles. The zero-order valence-electron chi connectivity index (χ0n) is 11.0. The number of pyridine rings is 1. The molecule has 3 nitrogen and oxygen atoms in total. The molecule has 0 radical (unpaired) electrons. The van der Waals surface area contributed by atoms with Crippen molar-refractivity contribution in [2.45, 2.75) is 18.8 Å². The van der Waals surface area contributed by atoms with Gasteiger partial charge < -0.3 is 10.6 Å². The van der Waals surface area contributed by atoms with Gasteiger partial charge in [0.15, 0.2) is 0 Å². The molecular weight excluding hydrogens is 234 g/mol. The molecule has 1 aliphatic carbocycles. The summed E-state index contributed by atoms with van der Waals surface area (Å²) in [6.45, 7) is 3.65. The number of hydrogen-bond donors (Lipinski definition) is 1. The molecule has 1 saturated carbocycles. The maximum Gasteiger partial charge on any atom is 0.0538 e. The van der Waals surface area contributed by atoms with Gasteiger partial charge in [-0.1, -0.05) is 6.07 Å². The average molecular weight is 253 g/mol. The highest BCUT2D eigenvalue weighted by Gasteiger charge is 2.34. The number of nitrogens with zero attached hydrogens (tertiary/aromatic N) is 2. The van der Waals surface area contributed by atoms with E-state index in [4.69, 9.17) is 5.73 Å². The molecule has 2 aliphatic rings. The lowest BCUT2D eigenvalue weighted by atomic mass is 9.92. The van der Waals surface area contributed by atoms with Gasteiger partial charge in [0.25, 0.3) is 0 Å². The molecule has 2 heterocycles. The van der Waals surface area contributed by atoms with Crippen molar-refractivity contribution in [3.05, 3.63) is 36.2 Å². The largest absolute Gasteiger partial charge is 0.399 e. The maximum absolute atomic E-state index is 5.85. The fourth-order valence-electron chi connectivity index (χ4n) is 3.10. The molecule has 0 unspecified atom stereocenters. The van der Waals surface area contributed by atoms with E-state index in [1.165, 1.54) is 48.9 Å². The smallest absolute Gasteiger partial charge is 0.0538 e. The highest BCUT2D eigenvalue weighted by atomic mass is 15.2. The summed E-state index contributed by atoms with van der Waals surface area (Å²) in [5.41, 5.74) is 7.93. The van der Waals surface area contributed by atoms with E-state index in [9.17, 15) is 0 Å². The van der Waals surface area contributed by atoms with Crippen LogP contribution in [-0.2, 0) is 0 Å². The third-order valence-electron chi connectivity index (χ3n) is 4.38. The van der Waals surface area contributed by atoms with E-state index in [1.54, 1.807) is 0 Å². The SMILES string of the molecule is Nc1ccc2c(C3CN(CC4CC4)C3)nccc2c1. The Kier molecular flexibility index (Phi) is 2.49. The van der Waals surface area contributed by atoms with Crippen LogP contribution in [-0.4, -0.2) is 29.5 Å². The number of nitrogens with two attached hydrogens (primary N) is 1. The summed E-state index contributed by atoms with van der Waals surface area (Å²) < 4.78 is 0. The van der Waals surface area contributed by atoms with Crippen LogP contribution in [0.4, 0.5) is 5.69 Å². The third kappa shape index (κ3) is 2.08. The molecule has 3 heteroatoms. The van der Waals surface area contributed by atoms with Crippen LogP contribution in [0.2, 0.25) is 0 Å². The zero-order chi connectivity index (χ0) is 12.8. The number of benzene rings is 1. The summed E-state index contributed by atoms with van der Waals surface area (Å²) in [7, 11) is 0. The van der Waals surface area contributed by atoms with E-state index in [0.29, 0.717) is 5.92 Å². The Morgan fingerprint density at radius 1 is 1.21 bits per heavy atom. The van der Waals surface area contributed by atoms with Crippen LogP contribution in [0.3, 0.4) is 0 Å². The molecule has 0 amide bonds. The molecule has 19 heavy (non-hydrogen) atoms. The fourth-order valence-corrected chi connectivity index (χ4v) is 3.10. The van der Waals surface area contributed by atoms with E-state index in [-0.39, 0.29) is 0 Å². The van der Waals surface area contributed by atoms with Gasteiger partial charge in [-0.3, -0.25) is 4.98 Å². The Morgan fingerprint density at radius 2 is 2.05 bits per heavy atom. The van der Waals surface area contributed by atoms with Crippen molar-refractivity contribution in [1.29, 1.82) is 0 Å². The monoisotopic (exact) mass is 253 g/mol. The molecule has 1 aromatic heterocycles.